The van der Waals surface area contributed by atoms with Crippen LogP contribution in [0.3, 0.4) is 0 Å². The van der Waals surface area contributed by atoms with E-state index in [-0.39, 0.29) is 17.5 Å². The van der Waals surface area contributed by atoms with Crippen molar-refractivity contribution in [3.05, 3.63) is 24.3 Å². The van der Waals surface area contributed by atoms with Crippen LogP contribution in [0.5, 0.6) is 5.75 Å². The Labute approximate surface area is 107 Å². The summed E-state index contributed by atoms with van der Waals surface area (Å²) in [7, 11) is 0. The van der Waals surface area contributed by atoms with Crippen molar-refractivity contribution >= 4 is 11.5 Å². The zero-order valence-corrected chi connectivity index (χ0v) is 10.1. The van der Waals surface area contributed by atoms with Crippen molar-refractivity contribution in [3.8, 4) is 5.75 Å². The van der Waals surface area contributed by atoms with Gasteiger partial charge < -0.3 is 21.0 Å². The minimum Gasteiger partial charge on any atom is -0.409 e. The Morgan fingerprint density at radius 2 is 2.21 bits per heavy atom. The lowest BCUT2D eigenvalue weighted by Crippen LogP contribution is -2.27. The van der Waals surface area contributed by atoms with Gasteiger partial charge in [-0.05, 0) is 12.1 Å². The normalized spacial score (nSPS) is 14.0. The first kappa shape index (κ1) is 14.9. The second-order valence-corrected chi connectivity index (χ2v) is 3.88. The van der Waals surface area contributed by atoms with E-state index in [9.17, 15) is 13.2 Å². The first-order chi connectivity index (χ1) is 8.81. The summed E-state index contributed by atoms with van der Waals surface area (Å²) in [6, 6.07) is 5.43. The van der Waals surface area contributed by atoms with Gasteiger partial charge >= 0.3 is 6.36 Å². The lowest BCUT2D eigenvalue weighted by molar-refractivity contribution is -0.274. The van der Waals surface area contributed by atoms with Crippen molar-refractivity contribution in [3.63, 3.8) is 0 Å². The first-order valence-corrected chi connectivity index (χ1v) is 5.39. The highest BCUT2D eigenvalue weighted by Gasteiger charge is 2.31. The third-order valence-corrected chi connectivity index (χ3v) is 2.30. The van der Waals surface area contributed by atoms with Crippen molar-refractivity contribution in [1.29, 1.82) is 0 Å². The van der Waals surface area contributed by atoms with Crippen LogP contribution in [0.15, 0.2) is 29.4 Å². The maximum atomic E-state index is 12.0. The number of ether oxygens (including phenoxy) is 1. The molecule has 106 valence electrons. The molecular formula is C11H14F3N3O2. The number of nitrogens with one attached hydrogen (secondary N) is 1. The molecule has 0 aromatic heterocycles. The van der Waals surface area contributed by atoms with Gasteiger partial charge in [0.15, 0.2) is 0 Å². The lowest BCUT2D eigenvalue weighted by Gasteiger charge is -2.13. The van der Waals surface area contributed by atoms with Crippen LogP contribution in [-0.4, -0.2) is 23.9 Å². The van der Waals surface area contributed by atoms with Crippen molar-refractivity contribution in [2.45, 2.75) is 13.3 Å². The second kappa shape index (κ2) is 6.17. The first-order valence-electron chi connectivity index (χ1n) is 5.39. The fourth-order valence-electron chi connectivity index (χ4n) is 1.28. The Bertz CT molecular complexity index is 449. The number of nitrogens with two attached hydrogens (primary N) is 1. The number of benzene rings is 1. The summed E-state index contributed by atoms with van der Waals surface area (Å²) in [6.45, 7) is 2.02. The molecule has 0 aliphatic heterocycles. The van der Waals surface area contributed by atoms with Gasteiger partial charge in [0.05, 0.1) is 0 Å². The molecule has 1 aromatic carbocycles. The summed E-state index contributed by atoms with van der Waals surface area (Å²) in [5.74, 6) is -0.540. The molecular weight excluding hydrogens is 263 g/mol. The maximum Gasteiger partial charge on any atom is 0.573 e. The molecule has 0 radical (unpaired) electrons. The van der Waals surface area contributed by atoms with Gasteiger partial charge in [-0.3, -0.25) is 0 Å². The Kier molecular flexibility index (Phi) is 4.85. The van der Waals surface area contributed by atoms with Gasteiger partial charge in [0, 0.05) is 24.2 Å². The van der Waals surface area contributed by atoms with E-state index >= 15 is 0 Å². The van der Waals surface area contributed by atoms with E-state index in [4.69, 9.17) is 10.9 Å². The Morgan fingerprint density at radius 1 is 1.53 bits per heavy atom. The van der Waals surface area contributed by atoms with Crippen LogP contribution in [0.1, 0.15) is 6.92 Å². The summed E-state index contributed by atoms with van der Waals surface area (Å²) in [6.07, 6.45) is -4.72. The Morgan fingerprint density at radius 3 is 2.79 bits per heavy atom. The molecule has 0 bridgehead atoms. The van der Waals surface area contributed by atoms with Crippen LogP contribution >= 0.6 is 0 Å². The number of rotatable bonds is 5. The van der Waals surface area contributed by atoms with Gasteiger partial charge in [-0.25, -0.2) is 0 Å². The average molecular weight is 277 g/mol. The number of amidine groups is 1. The van der Waals surface area contributed by atoms with Crippen LogP contribution in [-0.2, 0) is 0 Å². The molecule has 4 N–H and O–H groups in total. The second-order valence-electron chi connectivity index (χ2n) is 3.88. The third-order valence-electron chi connectivity index (χ3n) is 2.30. The summed E-state index contributed by atoms with van der Waals surface area (Å²) in [4.78, 5) is 0. The number of oxime groups is 1. The van der Waals surface area contributed by atoms with E-state index in [2.05, 4.69) is 15.2 Å². The summed E-state index contributed by atoms with van der Waals surface area (Å²) >= 11 is 0. The van der Waals surface area contributed by atoms with E-state index in [0.29, 0.717) is 12.2 Å². The molecule has 1 aromatic rings. The van der Waals surface area contributed by atoms with Crippen LogP contribution in [0.4, 0.5) is 18.9 Å². The molecule has 1 rings (SSSR count). The van der Waals surface area contributed by atoms with E-state index in [1.807, 2.05) is 0 Å². The highest BCUT2D eigenvalue weighted by atomic mass is 19.4. The van der Waals surface area contributed by atoms with Crippen LogP contribution in [0.25, 0.3) is 0 Å². The molecule has 0 aliphatic rings. The maximum absolute atomic E-state index is 12.0. The van der Waals surface area contributed by atoms with E-state index in [0.717, 1.165) is 0 Å². The van der Waals surface area contributed by atoms with Crippen molar-refractivity contribution in [2.24, 2.45) is 16.8 Å². The minimum absolute atomic E-state index is 0.0372. The molecule has 5 nitrogen and oxygen atoms in total. The third kappa shape index (κ3) is 5.36. The predicted molar refractivity (Wildman–Crippen MR) is 64.2 cm³/mol. The number of halogens is 3. The smallest absolute Gasteiger partial charge is 0.409 e. The van der Waals surface area contributed by atoms with E-state index in [1.54, 1.807) is 13.0 Å². The van der Waals surface area contributed by atoms with Gasteiger partial charge in [0.1, 0.15) is 11.6 Å². The average Bonchev–Trinajstić information content (AvgIpc) is 2.33. The van der Waals surface area contributed by atoms with Crippen molar-refractivity contribution in [1.82, 2.24) is 0 Å². The van der Waals surface area contributed by atoms with Crippen LogP contribution < -0.4 is 15.8 Å². The van der Waals surface area contributed by atoms with Crippen LogP contribution in [0.2, 0.25) is 0 Å². The zero-order chi connectivity index (χ0) is 14.5. The monoisotopic (exact) mass is 277 g/mol. The molecule has 8 heteroatoms. The van der Waals surface area contributed by atoms with Gasteiger partial charge in [-0.2, -0.15) is 0 Å². The molecule has 1 unspecified atom stereocenters. The molecule has 19 heavy (non-hydrogen) atoms. The van der Waals surface area contributed by atoms with E-state index < -0.39 is 6.36 Å². The number of nitrogens with zero attached hydrogens (tertiary/aromatic N) is 1. The van der Waals surface area contributed by atoms with Gasteiger partial charge in [-0.1, -0.05) is 18.1 Å². The Hall–Kier alpha value is -2.12. The van der Waals surface area contributed by atoms with Crippen molar-refractivity contribution < 1.29 is 23.1 Å². The van der Waals surface area contributed by atoms with Crippen LogP contribution in [0, 0.1) is 5.92 Å². The molecule has 0 spiro atoms. The molecule has 0 saturated carbocycles. The highest BCUT2D eigenvalue weighted by Crippen LogP contribution is 2.25. The number of alkyl halides is 3. The fraction of sp³-hybridized carbons (Fsp3) is 0.364. The largest absolute Gasteiger partial charge is 0.573 e. The van der Waals surface area contributed by atoms with Gasteiger partial charge in [-0.15, -0.1) is 13.2 Å². The molecule has 0 amide bonds. The van der Waals surface area contributed by atoms with Gasteiger partial charge in [0.2, 0.25) is 0 Å². The highest BCUT2D eigenvalue weighted by molar-refractivity contribution is 5.82. The molecule has 0 saturated heterocycles. The van der Waals surface area contributed by atoms with E-state index in [1.165, 1.54) is 18.2 Å². The predicted octanol–water partition coefficient (Wildman–Crippen LogP) is 2.38. The molecule has 1 atom stereocenters. The topological polar surface area (TPSA) is 79.9 Å². The number of hydrogen-bond donors (Lipinski definition) is 3. The summed E-state index contributed by atoms with van der Waals surface area (Å²) < 4.78 is 39.9. The summed E-state index contributed by atoms with van der Waals surface area (Å²) in [5, 5.41) is 14.2. The van der Waals surface area contributed by atoms with Gasteiger partial charge in [0.25, 0.3) is 0 Å². The van der Waals surface area contributed by atoms with Crippen molar-refractivity contribution in [2.75, 3.05) is 11.9 Å². The minimum atomic E-state index is -4.72. The standard InChI is InChI=1S/C11H14F3N3O2/c1-7(10(15)17-18)6-16-8-3-2-4-9(5-8)19-11(12,13)14/h2-5,7,16,18H,6H2,1H3,(H2,15,17). The molecule has 0 aliphatic carbocycles. The SMILES string of the molecule is CC(CNc1cccc(OC(F)(F)F)c1)C(N)=NO. The lowest BCUT2D eigenvalue weighted by atomic mass is 10.1. The number of anilines is 1. The molecule has 0 heterocycles. The zero-order valence-electron chi connectivity index (χ0n) is 10.1. The quantitative estimate of drug-likeness (QED) is 0.334. The Balaban J connectivity index is 2.63. The summed E-state index contributed by atoms with van der Waals surface area (Å²) in [5.41, 5.74) is 5.82. The fourth-order valence-corrected chi connectivity index (χ4v) is 1.28. The number of hydrogen-bond acceptors (Lipinski definition) is 4. The molecule has 0 fully saturated rings.